The third-order valence-corrected chi connectivity index (χ3v) is 5.01. The zero-order chi connectivity index (χ0) is 14.7. The molecular weight excluding hydrogens is 258 g/mol. The molecule has 2 nitrogen and oxygen atoms in total. The van der Waals surface area contributed by atoms with E-state index in [1.54, 1.807) is 0 Å². The minimum Gasteiger partial charge on any atom is -0.508 e. The van der Waals surface area contributed by atoms with Gasteiger partial charge in [0.15, 0.2) is 0 Å². The van der Waals surface area contributed by atoms with Crippen molar-refractivity contribution in [2.45, 2.75) is 39.2 Å². The summed E-state index contributed by atoms with van der Waals surface area (Å²) < 4.78 is 0. The largest absolute Gasteiger partial charge is 0.508 e. The Balaban J connectivity index is 1.69. The van der Waals surface area contributed by atoms with Crippen LogP contribution in [0, 0.1) is 11.8 Å². The summed E-state index contributed by atoms with van der Waals surface area (Å²) in [4.78, 5) is 0. The number of hydrogen-bond acceptors (Lipinski definition) is 2. The summed E-state index contributed by atoms with van der Waals surface area (Å²) in [5, 5.41) is 16.1. The van der Waals surface area contributed by atoms with Gasteiger partial charge < -0.3 is 10.4 Å². The van der Waals surface area contributed by atoms with Crippen LogP contribution in [0.15, 0.2) is 36.4 Å². The number of nitrogens with one attached hydrogen (secondary N) is 1. The molecule has 0 amide bonds. The van der Waals surface area contributed by atoms with Gasteiger partial charge in [0.25, 0.3) is 0 Å². The molecule has 2 atom stereocenters. The van der Waals surface area contributed by atoms with Gasteiger partial charge in [-0.1, -0.05) is 56.5 Å². The molecule has 2 unspecified atom stereocenters. The first-order valence-electron chi connectivity index (χ1n) is 8.16. The third kappa shape index (κ3) is 3.21. The molecule has 0 radical (unpaired) electrons. The second-order valence-corrected chi connectivity index (χ2v) is 6.44. The lowest BCUT2D eigenvalue weighted by Gasteiger charge is -2.29. The van der Waals surface area contributed by atoms with Crippen molar-refractivity contribution in [3.05, 3.63) is 42.0 Å². The van der Waals surface area contributed by atoms with Gasteiger partial charge in [-0.2, -0.15) is 0 Å². The number of rotatable bonds is 4. The van der Waals surface area contributed by atoms with E-state index in [1.807, 2.05) is 24.3 Å². The van der Waals surface area contributed by atoms with Gasteiger partial charge in [-0.05, 0) is 41.6 Å². The number of aromatic hydroxyl groups is 1. The molecule has 0 heterocycles. The van der Waals surface area contributed by atoms with E-state index in [0.717, 1.165) is 35.9 Å². The smallest absolute Gasteiger partial charge is 0.120 e. The van der Waals surface area contributed by atoms with Gasteiger partial charge in [0, 0.05) is 12.1 Å². The van der Waals surface area contributed by atoms with Crippen LogP contribution in [-0.4, -0.2) is 11.7 Å². The lowest BCUT2D eigenvalue weighted by Crippen LogP contribution is -2.29. The second kappa shape index (κ2) is 6.48. The standard InChI is InChI=1S/C19H25NO/c1-14-6-2-3-8-16(14)12-20-13-18-17-9-5-4-7-15(17)10-11-19(18)21/h4-5,7,9-11,14,16,20-21H,2-3,6,8,12-13H2,1H3. The molecule has 0 aliphatic heterocycles. The molecular formula is C19H25NO. The van der Waals surface area contributed by atoms with E-state index in [-0.39, 0.29) is 0 Å². The summed E-state index contributed by atoms with van der Waals surface area (Å²) in [6, 6.07) is 12.1. The Bertz CT molecular complexity index is 608. The van der Waals surface area contributed by atoms with Crippen LogP contribution >= 0.6 is 0 Å². The minimum absolute atomic E-state index is 0.401. The quantitative estimate of drug-likeness (QED) is 0.868. The third-order valence-electron chi connectivity index (χ3n) is 5.01. The van der Waals surface area contributed by atoms with Crippen molar-refractivity contribution in [2.75, 3.05) is 6.54 Å². The zero-order valence-electron chi connectivity index (χ0n) is 12.8. The molecule has 2 N–H and O–H groups in total. The van der Waals surface area contributed by atoms with E-state index in [9.17, 15) is 5.11 Å². The van der Waals surface area contributed by atoms with Crippen LogP contribution in [0.4, 0.5) is 0 Å². The van der Waals surface area contributed by atoms with Gasteiger partial charge >= 0.3 is 0 Å². The van der Waals surface area contributed by atoms with Crippen molar-refractivity contribution in [2.24, 2.45) is 11.8 Å². The minimum atomic E-state index is 0.401. The maximum atomic E-state index is 10.2. The van der Waals surface area contributed by atoms with Gasteiger partial charge in [0.2, 0.25) is 0 Å². The highest BCUT2D eigenvalue weighted by molar-refractivity contribution is 5.87. The summed E-state index contributed by atoms with van der Waals surface area (Å²) in [6.45, 7) is 4.18. The molecule has 1 aliphatic carbocycles. The highest BCUT2D eigenvalue weighted by atomic mass is 16.3. The van der Waals surface area contributed by atoms with Crippen molar-refractivity contribution in [1.82, 2.24) is 5.32 Å². The second-order valence-electron chi connectivity index (χ2n) is 6.44. The monoisotopic (exact) mass is 283 g/mol. The Morgan fingerprint density at radius 3 is 2.76 bits per heavy atom. The predicted molar refractivity (Wildman–Crippen MR) is 88.4 cm³/mol. The molecule has 1 saturated carbocycles. The number of benzene rings is 2. The normalized spacial score (nSPS) is 22.5. The molecule has 2 aromatic rings. The molecule has 0 spiro atoms. The molecule has 2 heteroatoms. The summed E-state index contributed by atoms with van der Waals surface area (Å²) in [7, 11) is 0. The number of fused-ring (bicyclic) bond motifs is 1. The molecule has 21 heavy (non-hydrogen) atoms. The van der Waals surface area contributed by atoms with Gasteiger partial charge in [-0.15, -0.1) is 0 Å². The van der Waals surface area contributed by atoms with E-state index in [1.165, 1.54) is 31.1 Å². The molecule has 112 valence electrons. The van der Waals surface area contributed by atoms with Crippen molar-refractivity contribution in [3.63, 3.8) is 0 Å². The van der Waals surface area contributed by atoms with E-state index >= 15 is 0 Å². The Hall–Kier alpha value is -1.54. The SMILES string of the molecule is CC1CCCCC1CNCc1c(O)ccc2ccccc12. The Morgan fingerprint density at radius 1 is 1.10 bits per heavy atom. The van der Waals surface area contributed by atoms with Crippen LogP contribution < -0.4 is 5.32 Å². The van der Waals surface area contributed by atoms with Crippen LogP contribution in [0.5, 0.6) is 5.75 Å². The van der Waals surface area contributed by atoms with Crippen molar-refractivity contribution < 1.29 is 5.11 Å². The van der Waals surface area contributed by atoms with Crippen molar-refractivity contribution in [3.8, 4) is 5.75 Å². The van der Waals surface area contributed by atoms with E-state index in [4.69, 9.17) is 0 Å². The maximum absolute atomic E-state index is 10.2. The van der Waals surface area contributed by atoms with E-state index in [2.05, 4.69) is 24.4 Å². The molecule has 3 rings (SSSR count). The average molecular weight is 283 g/mol. The number of phenols is 1. The first-order chi connectivity index (χ1) is 10.3. The fourth-order valence-corrected chi connectivity index (χ4v) is 3.59. The van der Waals surface area contributed by atoms with Crippen LogP contribution in [0.2, 0.25) is 0 Å². The molecule has 0 aromatic heterocycles. The molecule has 0 bridgehead atoms. The summed E-state index contributed by atoms with van der Waals surface area (Å²) in [6.07, 6.45) is 5.47. The van der Waals surface area contributed by atoms with Crippen LogP contribution in [0.3, 0.4) is 0 Å². The van der Waals surface area contributed by atoms with E-state index < -0.39 is 0 Å². The number of hydrogen-bond donors (Lipinski definition) is 2. The van der Waals surface area contributed by atoms with Crippen molar-refractivity contribution in [1.29, 1.82) is 0 Å². The Morgan fingerprint density at radius 2 is 1.90 bits per heavy atom. The molecule has 0 saturated heterocycles. The lowest BCUT2D eigenvalue weighted by atomic mass is 9.80. The molecule has 1 fully saturated rings. The Labute approximate surface area is 127 Å². The fourth-order valence-electron chi connectivity index (χ4n) is 3.59. The van der Waals surface area contributed by atoms with Gasteiger partial charge in [-0.25, -0.2) is 0 Å². The predicted octanol–water partition coefficient (Wildman–Crippen LogP) is 4.46. The molecule has 2 aromatic carbocycles. The lowest BCUT2D eigenvalue weighted by molar-refractivity contribution is 0.247. The highest BCUT2D eigenvalue weighted by Crippen LogP contribution is 2.30. The topological polar surface area (TPSA) is 32.3 Å². The summed E-state index contributed by atoms with van der Waals surface area (Å²) >= 11 is 0. The first kappa shape index (κ1) is 14.4. The van der Waals surface area contributed by atoms with Crippen LogP contribution in [0.1, 0.15) is 38.2 Å². The highest BCUT2D eigenvalue weighted by Gasteiger charge is 2.20. The molecule has 1 aliphatic rings. The fraction of sp³-hybridized carbons (Fsp3) is 0.474. The number of phenolic OH excluding ortho intramolecular Hbond substituents is 1. The van der Waals surface area contributed by atoms with Gasteiger partial charge in [0.05, 0.1) is 0 Å². The summed E-state index contributed by atoms with van der Waals surface area (Å²) in [5.41, 5.74) is 1.02. The Kier molecular flexibility index (Phi) is 4.45. The average Bonchev–Trinajstić information content (AvgIpc) is 2.51. The first-order valence-corrected chi connectivity index (χ1v) is 8.16. The van der Waals surface area contributed by atoms with Crippen LogP contribution in [-0.2, 0) is 6.54 Å². The van der Waals surface area contributed by atoms with E-state index in [0.29, 0.717) is 5.75 Å². The van der Waals surface area contributed by atoms with Crippen molar-refractivity contribution >= 4 is 10.8 Å². The summed E-state index contributed by atoms with van der Waals surface area (Å²) in [5.74, 6) is 2.01. The maximum Gasteiger partial charge on any atom is 0.120 e. The van der Waals surface area contributed by atoms with Gasteiger partial charge in [0.1, 0.15) is 5.75 Å². The van der Waals surface area contributed by atoms with Gasteiger partial charge in [-0.3, -0.25) is 0 Å². The van der Waals surface area contributed by atoms with Crippen LogP contribution in [0.25, 0.3) is 10.8 Å². The zero-order valence-corrected chi connectivity index (χ0v) is 12.8.